The van der Waals surface area contributed by atoms with Crippen LogP contribution in [0.3, 0.4) is 0 Å². The normalized spacial score (nSPS) is 11.5. The summed E-state index contributed by atoms with van der Waals surface area (Å²) in [5.41, 5.74) is 3.08. The lowest BCUT2D eigenvalue weighted by Crippen LogP contribution is -2.04. The van der Waals surface area contributed by atoms with E-state index in [0.717, 1.165) is 17.7 Å². The Kier molecular flexibility index (Phi) is 4.56. The van der Waals surface area contributed by atoms with Crippen LogP contribution in [0.15, 0.2) is 65.4 Å². The highest BCUT2D eigenvalue weighted by atomic mass is 19.4. The predicted molar refractivity (Wildman–Crippen MR) is 112 cm³/mol. The number of hydrogen-bond donors (Lipinski definition) is 1. The fraction of sp³-hybridized carbons (Fsp3) is 0.0870. The molecule has 9 heteroatoms. The molecule has 0 radical (unpaired) electrons. The molecule has 6 nitrogen and oxygen atoms in total. The number of fused-ring (bicyclic) bond motifs is 2. The van der Waals surface area contributed by atoms with Crippen LogP contribution in [0.1, 0.15) is 22.4 Å². The lowest BCUT2D eigenvalue weighted by atomic mass is 10.1. The number of alkyl halides is 3. The van der Waals surface area contributed by atoms with E-state index >= 15 is 0 Å². The molecule has 1 N–H and O–H groups in total. The first-order chi connectivity index (χ1) is 15.4. The summed E-state index contributed by atoms with van der Waals surface area (Å²) >= 11 is 0. The molecule has 0 unspecified atom stereocenters. The summed E-state index contributed by atoms with van der Waals surface area (Å²) < 4.78 is 45.5. The van der Waals surface area contributed by atoms with Gasteiger partial charge in [-0.1, -0.05) is 17.1 Å². The van der Waals surface area contributed by atoms with Crippen LogP contribution in [0.2, 0.25) is 0 Å². The number of nitrogens with zero attached hydrogens (tertiary/aromatic N) is 4. The van der Waals surface area contributed by atoms with Gasteiger partial charge in [0, 0.05) is 11.9 Å². The lowest BCUT2D eigenvalue weighted by Gasteiger charge is -2.08. The van der Waals surface area contributed by atoms with Gasteiger partial charge in [0.15, 0.2) is 17.0 Å². The molecular formula is C23H14F3N5O. The van der Waals surface area contributed by atoms with Gasteiger partial charge in [0.25, 0.3) is 0 Å². The van der Waals surface area contributed by atoms with Gasteiger partial charge >= 0.3 is 6.18 Å². The van der Waals surface area contributed by atoms with Crippen LogP contribution >= 0.6 is 0 Å². The van der Waals surface area contributed by atoms with E-state index in [1.54, 1.807) is 23.0 Å². The first kappa shape index (κ1) is 19.6. The third-order valence-corrected chi connectivity index (χ3v) is 4.92. The summed E-state index contributed by atoms with van der Waals surface area (Å²) in [7, 11) is 0. The van der Waals surface area contributed by atoms with Crippen molar-refractivity contribution in [3.63, 3.8) is 0 Å². The summed E-state index contributed by atoms with van der Waals surface area (Å²) in [5.74, 6) is 6.57. The maximum Gasteiger partial charge on any atom is 0.416 e. The molecule has 0 atom stereocenters. The van der Waals surface area contributed by atoms with Gasteiger partial charge in [-0.2, -0.15) is 18.3 Å². The number of aryl methyl sites for hydroxylation is 1. The molecule has 32 heavy (non-hydrogen) atoms. The van der Waals surface area contributed by atoms with Gasteiger partial charge in [0.1, 0.15) is 5.69 Å². The van der Waals surface area contributed by atoms with E-state index in [2.05, 4.69) is 32.4 Å². The molecule has 0 fully saturated rings. The largest absolute Gasteiger partial charge is 0.416 e. The van der Waals surface area contributed by atoms with Crippen LogP contribution in [0.25, 0.3) is 16.6 Å². The zero-order chi connectivity index (χ0) is 22.3. The molecule has 0 saturated heterocycles. The van der Waals surface area contributed by atoms with Gasteiger partial charge in [-0.15, -0.1) is 0 Å². The molecule has 3 aromatic heterocycles. The van der Waals surface area contributed by atoms with Crippen molar-refractivity contribution < 1.29 is 17.7 Å². The van der Waals surface area contributed by atoms with E-state index in [9.17, 15) is 13.2 Å². The highest BCUT2D eigenvalue weighted by molar-refractivity contribution is 5.94. The molecule has 3 heterocycles. The third-order valence-electron chi connectivity index (χ3n) is 4.92. The molecule has 0 spiro atoms. The monoisotopic (exact) mass is 433 g/mol. The van der Waals surface area contributed by atoms with Crippen LogP contribution < -0.4 is 5.32 Å². The molecule has 158 valence electrons. The highest BCUT2D eigenvalue weighted by Crippen LogP contribution is 2.32. The zero-order valence-electron chi connectivity index (χ0n) is 16.6. The number of benzene rings is 2. The van der Waals surface area contributed by atoms with E-state index in [4.69, 9.17) is 4.52 Å². The van der Waals surface area contributed by atoms with Gasteiger partial charge in [-0.25, -0.2) is 9.50 Å². The molecule has 0 aliphatic carbocycles. The van der Waals surface area contributed by atoms with Crippen molar-refractivity contribution in [3.8, 4) is 11.8 Å². The number of anilines is 2. The van der Waals surface area contributed by atoms with Gasteiger partial charge in [-0.3, -0.25) is 0 Å². The molecule has 2 aromatic carbocycles. The van der Waals surface area contributed by atoms with Crippen molar-refractivity contribution in [2.24, 2.45) is 0 Å². The summed E-state index contributed by atoms with van der Waals surface area (Å²) in [4.78, 5) is 4.27. The molecule has 0 saturated carbocycles. The maximum absolute atomic E-state index is 12.8. The van der Waals surface area contributed by atoms with Gasteiger partial charge < -0.3 is 9.84 Å². The van der Waals surface area contributed by atoms with Crippen molar-refractivity contribution >= 4 is 28.1 Å². The highest BCUT2D eigenvalue weighted by Gasteiger charge is 2.30. The average Bonchev–Trinajstić information content (AvgIpc) is 3.37. The van der Waals surface area contributed by atoms with Crippen LogP contribution in [0.4, 0.5) is 24.7 Å². The topological polar surface area (TPSA) is 68.2 Å². The average molecular weight is 433 g/mol. The summed E-state index contributed by atoms with van der Waals surface area (Å²) in [6, 6.07) is 12.0. The number of aromatic nitrogens is 4. The molecule has 5 rings (SSSR count). The SMILES string of the molecule is Cc1ccc2c(Nc3ccc(C(F)(F)F)cc3)noc2c1C#Cc1cnc2cccnn12. The quantitative estimate of drug-likeness (QED) is 0.381. The Morgan fingerprint density at radius 3 is 2.62 bits per heavy atom. The van der Waals surface area contributed by atoms with E-state index in [1.165, 1.54) is 12.1 Å². The predicted octanol–water partition coefficient (Wildman–Crippen LogP) is 5.34. The zero-order valence-corrected chi connectivity index (χ0v) is 16.6. The molecule has 0 aliphatic rings. The summed E-state index contributed by atoms with van der Waals surface area (Å²) in [6.45, 7) is 1.90. The van der Waals surface area contributed by atoms with Crippen molar-refractivity contribution in [1.82, 2.24) is 19.8 Å². The molecule has 0 aliphatic heterocycles. The summed E-state index contributed by atoms with van der Waals surface area (Å²) in [6.07, 6.45) is -1.09. The Morgan fingerprint density at radius 2 is 1.84 bits per heavy atom. The Bertz CT molecular complexity index is 1500. The number of nitrogens with one attached hydrogen (secondary N) is 1. The van der Waals surface area contributed by atoms with Crippen LogP contribution in [-0.2, 0) is 6.18 Å². The van der Waals surface area contributed by atoms with Gasteiger partial charge in [-0.05, 0) is 60.9 Å². The third kappa shape index (κ3) is 3.52. The number of halogens is 3. The second-order valence-corrected chi connectivity index (χ2v) is 7.05. The molecular weight excluding hydrogens is 419 g/mol. The molecule has 5 aromatic rings. The number of rotatable bonds is 2. The molecule has 0 bridgehead atoms. The number of imidazole rings is 1. The van der Waals surface area contributed by atoms with E-state index in [0.29, 0.717) is 39.4 Å². The lowest BCUT2D eigenvalue weighted by molar-refractivity contribution is -0.137. The Labute approximate surface area is 179 Å². The van der Waals surface area contributed by atoms with Gasteiger partial charge in [0.05, 0.1) is 22.7 Å². The smallest absolute Gasteiger partial charge is 0.353 e. The van der Waals surface area contributed by atoms with Gasteiger partial charge in [0.2, 0.25) is 0 Å². The fourth-order valence-electron chi connectivity index (χ4n) is 3.27. The Hall–Kier alpha value is -4.32. The van der Waals surface area contributed by atoms with Crippen molar-refractivity contribution in [1.29, 1.82) is 0 Å². The van der Waals surface area contributed by atoms with Crippen molar-refractivity contribution in [2.75, 3.05) is 5.32 Å². The Morgan fingerprint density at radius 1 is 1.03 bits per heavy atom. The minimum Gasteiger partial charge on any atom is -0.353 e. The first-order valence-electron chi connectivity index (χ1n) is 9.54. The minimum absolute atomic E-state index is 0.388. The van der Waals surface area contributed by atoms with Crippen LogP contribution in [-0.4, -0.2) is 19.8 Å². The van der Waals surface area contributed by atoms with Crippen LogP contribution in [0.5, 0.6) is 0 Å². The van der Waals surface area contributed by atoms with E-state index in [-0.39, 0.29) is 0 Å². The van der Waals surface area contributed by atoms with E-state index in [1.807, 2.05) is 25.1 Å². The van der Waals surface area contributed by atoms with Crippen molar-refractivity contribution in [3.05, 3.63) is 83.3 Å². The standard InChI is InChI=1S/C23H14F3N5O/c1-14-4-10-19-21(18(14)11-9-17-13-27-20-3-2-12-28-31(17)20)32-30-22(19)29-16-7-5-15(6-8-16)23(24,25)26/h2-8,10,12-13H,1H3,(H,29,30). The maximum atomic E-state index is 12.8. The fourth-order valence-corrected chi connectivity index (χ4v) is 3.27. The van der Waals surface area contributed by atoms with Crippen LogP contribution in [0, 0.1) is 18.8 Å². The van der Waals surface area contributed by atoms with E-state index < -0.39 is 11.7 Å². The van der Waals surface area contributed by atoms with Crippen molar-refractivity contribution in [2.45, 2.75) is 13.1 Å². The first-order valence-corrected chi connectivity index (χ1v) is 9.54. The Balaban J connectivity index is 1.50. The second kappa shape index (κ2) is 7.42. The molecule has 0 amide bonds. The minimum atomic E-state index is -4.39. The number of hydrogen-bond acceptors (Lipinski definition) is 5. The second-order valence-electron chi connectivity index (χ2n) is 7.05. The summed E-state index contributed by atoms with van der Waals surface area (Å²) in [5, 5.41) is 12.0.